The maximum absolute atomic E-state index is 13.6. The highest BCUT2D eigenvalue weighted by Crippen LogP contribution is 2.41. The van der Waals surface area contributed by atoms with Gasteiger partial charge in [0.2, 0.25) is 5.91 Å². The SMILES string of the molecule is O=C([O-])CCCC(=O)N=C1S[C@H]2CS(=O)(=O)C[C@H]2N1c1cccc(F)c1. The lowest BCUT2D eigenvalue weighted by Crippen LogP contribution is -2.37. The van der Waals surface area contributed by atoms with Gasteiger partial charge in [0.25, 0.3) is 0 Å². The number of aliphatic carboxylic acids is 1. The van der Waals surface area contributed by atoms with Crippen molar-refractivity contribution in [3.8, 4) is 0 Å². The van der Waals surface area contributed by atoms with E-state index in [1.54, 1.807) is 11.0 Å². The maximum atomic E-state index is 13.6. The minimum Gasteiger partial charge on any atom is -0.550 e. The second kappa shape index (κ2) is 7.36. The molecule has 0 aromatic heterocycles. The number of thioether (sulfide) groups is 1. The van der Waals surface area contributed by atoms with Crippen LogP contribution in [-0.4, -0.2) is 48.3 Å². The third kappa shape index (κ3) is 4.24. The third-order valence-electron chi connectivity index (χ3n) is 4.14. The van der Waals surface area contributed by atoms with Gasteiger partial charge in [-0.1, -0.05) is 17.8 Å². The fourth-order valence-electron chi connectivity index (χ4n) is 3.04. The number of amides is 1. The van der Waals surface area contributed by atoms with Crippen molar-refractivity contribution in [1.29, 1.82) is 0 Å². The number of carbonyl (C=O) groups excluding carboxylic acids is 2. The Balaban J connectivity index is 1.85. The molecule has 2 heterocycles. The van der Waals surface area contributed by atoms with Crippen molar-refractivity contribution in [2.45, 2.75) is 30.6 Å². The number of fused-ring (bicyclic) bond motifs is 1. The topological polar surface area (TPSA) is 107 Å². The van der Waals surface area contributed by atoms with Gasteiger partial charge in [-0.3, -0.25) is 4.79 Å². The van der Waals surface area contributed by atoms with Crippen molar-refractivity contribution in [3.05, 3.63) is 30.1 Å². The molecule has 140 valence electrons. The number of anilines is 1. The molecule has 0 N–H and O–H groups in total. The van der Waals surface area contributed by atoms with Gasteiger partial charge in [0.15, 0.2) is 15.0 Å². The molecule has 0 spiro atoms. The molecule has 0 unspecified atom stereocenters. The largest absolute Gasteiger partial charge is 0.550 e. The van der Waals surface area contributed by atoms with Gasteiger partial charge in [-0.25, -0.2) is 12.8 Å². The number of hydrogen-bond donors (Lipinski definition) is 0. The van der Waals surface area contributed by atoms with Gasteiger partial charge in [0.05, 0.1) is 17.5 Å². The van der Waals surface area contributed by atoms with Crippen LogP contribution in [0.1, 0.15) is 19.3 Å². The Morgan fingerprint density at radius 2 is 2.08 bits per heavy atom. The molecule has 2 fully saturated rings. The van der Waals surface area contributed by atoms with Gasteiger partial charge in [-0.05, 0) is 31.0 Å². The summed E-state index contributed by atoms with van der Waals surface area (Å²) in [6.07, 6.45) is -0.173. The van der Waals surface area contributed by atoms with E-state index in [1.165, 1.54) is 30.0 Å². The number of carbonyl (C=O) groups is 2. The van der Waals surface area contributed by atoms with Crippen molar-refractivity contribution in [1.82, 2.24) is 0 Å². The van der Waals surface area contributed by atoms with Crippen LogP contribution in [0.3, 0.4) is 0 Å². The average Bonchev–Trinajstić information content (AvgIpc) is 2.97. The Kier molecular flexibility index (Phi) is 5.33. The Morgan fingerprint density at radius 3 is 2.77 bits per heavy atom. The number of sulfone groups is 1. The highest BCUT2D eigenvalue weighted by Gasteiger charge is 2.49. The summed E-state index contributed by atoms with van der Waals surface area (Å²) in [5.41, 5.74) is 0.434. The normalized spacial score (nSPS) is 25.4. The zero-order valence-corrected chi connectivity index (χ0v) is 15.3. The lowest BCUT2D eigenvalue weighted by atomic mass is 10.2. The zero-order valence-electron chi connectivity index (χ0n) is 13.6. The number of nitrogens with zero attached hydrogens (tertiary/aromatic N) is 2. The predicted octanol–water partition coefficient (Wildman–Crippen LogP) is 0.347. The fourth-order valence-corrected chi connectivity index (χ4v) is 6.97. The lowest BCUT2D eigenvalue weighted by molar-refractivity contribution is -0.305. The van der Waals surface area contributed by atoms with Crippen LogP contribution in [0.2, 0.25) is 0 Å². The van der Waals surface area contributed by atoms with Gasteiger partial charge in [0, 0.05) is 23.3 Å². The van der Waals surface area contributed by atoms with E-state index in [0.29, 0.717) is 10.9 Å². The summed E-state index contributed by atoms with van der Waals surface area (Å²) in [7, 11) is -3.20. The highest BCUT2D eigenvalue weighted by molar-refractivity contribution is 8.16. The molecule has 1 amide bonds. The Morgan fingerprint density at radius 1 is 1.31 bits per heavy atom. The van der Waals surface area contributed by atoms with Crippen molar-refractivity contribution in [2.75, 3.05) is 16.4 Å². The van der Waals surface area contributed by atoms with Crippen LogP contribution in [-0.2, 0) is 19.4 Å². The number of rotatable bonds is 5. The van der Waals surface area contributed by atoms with E-state index in [9.17, 15) is 27.5 Å². The lowest BCUT2D eigenvalue weighted by Gasteiger charge is -2.24. The van der Waals surface area contributed by atoms with Crippen molar-refractivity contribution >= 4 is 44.3 Å². The first-order chi connectivity index (χ1) is 12.2. The second-order valence-electron chi connectivity index (χ2n) is 6.16. The molecule has 1 aromatic carbocycles. The minimum atomic E-state index is -3.20. The first-order valence-electron chi connectivity index (χ1n) is 7.98. The molecular formula is C16H16FN2O5S2-. The molecule has 0 bridgehead atoms. The van der Waals surface area contributed by atoms with Crippen LogP contribution in [0.4, 0.5) is 10.1 Å². The highest BCUT2D eigenvalue weighted by atomic mass is 32.2. The first kappa shape index (κ1) is 18.8. The van der Waals surface area contributed by atoms with Crippen molar-refractivity contribution in [2.24, 2.45) is 4.99 Å². The van der Waals surface area contributed by atoms with Crippen molar-refractivity contribution in [3.63, 3.8) is 0 Å². The maximum Gasteiger partial charge on any atom is 0.248 e. The Labute approximate surface area is 154 Å². The van der Waals surface area contributed by atoms with Gasteiger partial charge < -0.3 is 14.8 Å². The van der Waals surface area contributed by atoms with Crippen LogP contribution in [0, 0.1) is 5.82 Å². The van der Waals surface area contributed by atoms with Gasteiger partial charge in [-0.2, -0.15) is 4.99 Å². The number of carboxylic acids is 1. The van der Waals surface area contributed by atoms with E-state index in [1.807, 2.05) is 0 Å². The molecule has 26 heavy (non-hydrogen) atoms. The third-order valence-corrected chi connectivity index (χ3v) is 7.35. The van der Waals surface area contributed by atoms with E-state index < -0.39 is 33.6 Å². The van der Waals surface area contributed by atoms with Crippen molar-refractivity contribution < 1.29 is 27.5 Å². The second-order valence-corrected chi connectivity index (χ2v) is 9.52. The molecule has 2 atom stereocenters. The average molecular weight is 399 g/mol. The van der Waals surface area contributed by atoms with Crippen LogP contribution in [0.15, 0.2) is 29.3 Å². The molecule has 3 rings (SSSR count). The predicted molar refractivity (Wildman–Crippen MR) is 94.0 cm³/mol. The number of carboxylic acid groups (broad SMARTS) is 1. The number of aliphatic imine (C=N–C) groups is 1. The summed E-state index contributed by atoms with van der Waals surface area (Å²) < 4.78 is 37.5. The summed E-state index contributed by atoms with van der Waals surface area (Å²) in [5.74, 6) is -2.32. The first-order valence-corrected chi connectivity index (χ1v) is 10.7. The van der Waals surface area contributed by atoms with E-state index in [2.05, 4.69) is 4.99 Å². The number of hydrogen-bond acceptors (Lipinski definition) is 6. The summed E-state index contributed by atoms with van der Waals surface area (Å²) >= 11 is 1.19. The van der Waals surface area contributed by atoms with Crippen LogP contribution in [0.25, 0.3) is 0 Å². The van der Waals surface area contributed by atoms with E-state index >= 15 is 0 Å². The monoisotopic (exact) mass is 399 g/mol. The number of halogens is 1. The number of benzene rings is 1. The van der Waals surface area contributed by atoms with Crippen LogP contribution >= 0.6 is 11.8 Å². The minimum absolute atomic E-state index is 0.0218. The van der Waals surface area contributed by atoms with E-state index in [4.69, 9.17) is 0 Å². The van der Waals surface area contributed by atoms with Gasteiger partial charge >= 0.3 is 0 Å². The Bertz CT molecular complexity index is 871. The zero-order chi connectivity index (χ0) is 18.9. The number of amidine groups is 1. The van der Waals surface area contributed by atoms with Crippen LogP contribution < -0.4 is 10.0 Å². The molecule has 0 aliphatic carbocycles. The molecule has 2 aliphatic rings. The molecule has 10 heteroatoms. The Hall–Kier alpha value is -1.94. The quantitative estimate of drug-likeness (QED) is 0.703. The van der Waals surface area contributed by atoms with Crippen LogP contribution in [0.5, 0.6) is 0 Å². The molecule has 1 aromatic rings. The molecule has 2 aliphatic heterocycles. The van der Waals surface area contributed by atoms with Gasteiger partial charge in [-0.15, -0.1) is 0 Å². The van der Waals surface area contributed by atoms with Gasteiger partial charge in [0.1, 0.15) is 5.82 Å². The molecule has 0 saturated carbocycles. The van der Waals surface area contributed by atoms with E-state index in [0.717, 1.165) is 0 Å². The molecule has 7 nitrogen and oxygen atoms in total. The summed E-state index contributed by atoms with van der Waals surface area (Å²) in [6.45, 7) is 0. The molecular weight excluding hydrogens is 383 g/mol. The molecule has 2 saturated heterocycles. The van der Waals surface area contributed by atoms with E-state index in [-0.39, 0.29) is 36.0 Å². The summed E-state index contributed by atoms with van der Waals surface area (Å²) in [4.78, 5) is 28.1. The summed E-state index contributed by atoms with van der Waals surface area (Å²) in [5, 5.41) is 10.5. The fraction of sp³-hybridized carbons (Fsp3) is 0.438. The molecule has 0 radical (unpaired) electrons. The standard InChI is InChI=1S/C16H17FN2O5S2/c17-10-3-1-4-11(7-10)19-12-8-26(23,24)9-13(12)25-16(19)18-14(20)5-2-6-15(21)22/h1,3-4,7,12-13H,2,5-6,8-9H2,(H,21,22)/p-1/t12-,13+/m1/s1. The summed E-state index contributed by atoms with van der Waals surface area (Å²) in [6, 6.07) is 5.27. The smallest absolute Gasteiger partial charge is 0.248 e.